The van der Waals surface area contributed by atoms with Crippen LogP contribution in [0.25, 0.3) is 0 Å². The van der Waals surface area contributed by atoms with E-state index in [1.165, 1.54) is 4.90 Å². The van der Waals surface area contributed by atoms with Crippen LogP contribution in [0.5, 0.6) is 0 Å². The minimum Gasteiger partial charge on any atom is -0.336 e. The van der Waals surface area contributed by atoms with E-state index >= 15 is 0 Å². The summed E-state index contributed by atoms with van der Waals surface area (Å²) in [5, 5.41) is 2.77. The van der Waals surface area contributed by atoms with E-state index in [0.717, 1.165) is 17.7 Å². The number of rotatable bonds is 8. The number of nitrogens with one attached hydrogen (secondary N) is 2. The highest BCUT2D eigenvalue weighted by molar-refractivity contribution is 7.99. The number of amides is 2. The average Bonchev–Trinajstić information content (AvgIpc) is 2.56. The lowest BCUT2D eigenvalue weighted by Gasteiger charge is -2.08. The van der Waals surface area contributed by atoms with E-state index in [1.807, 2.05) is 48.5 Å². The van der Waals surface area contributed by atoms with E-state index in [4.69, 9.17) is 4.84 Å². The molecule has 2 rings (SSSR count). The van der Waals surface area contributed by atoms with Gasteiger partial charge in [0.25, 0.3) is 0 Å². The normalized spacial score (nSPS) is 10.2. The standard InChI is InChI=1S/C17H20N2O2S/c20-17(19-21-14-15-8-3-1-4-9-15)18-12-7-13-22-16-10-5-2-6-11-16/h1-6,8-11H,7,12-14H2,(H2,18,19,20). The number of benzene rings is 2. The summed E-state index contributed by atoms with van der Waals surface area (Å²) in [7, 11) is 0. The Morgan fingerprint density at radius 3 is 2.41 bits per heavy atom. The highest BCUT2D eigenvalue weighted by Gasteiger charge is 2.00. The molecule has 0 radical (unpaired) electrons. The molecule has 0 saturated heterocycles. The topological polar surface area (TPSA) is 50.4 Å². The summed E-state index contributed by atoms with van der Waals surface area (Å²) in [5.74, 6) is 0.967. The zero-order valence-corrected chi connectivity index (χ0v) is 13.1. The summed E-state index contributed by atoms with van der Waals surface area (Å²) in [4.78, 5) is 17.9. The van der Waals surface area contributed by atoms with E-state index in [-0.39, 0.29) is 6.03 Å². The van der Waals surface area contributed by atoms with Crippen LogP contribution in [0.15, 0.2) is 65.6 Å². The van der Waals surface area contributed by atoms with Gasteiger partial charge >= 0.3 is 6.03 Å². The van der Waals surface area contributed by atoms with Crippen molar-refractivity contribution < 1.29 is 9.63 Å². The van der Waals surface area contributed by atoms with Crippen LogP contribution < -0.4 is 10.8 Å². The highest BCUT2D eigenvalue weighted by atomic mass is 32.2. The van der Waals surface area contributed by atoms with Gasteiger partial charge in [0, 0.05) is 11.4 Å². The Balaban J connectivity index is 1.49. The van der Waals surface area contributed by atoms with Crippen molar-refractivity contribution in [1.82, 2.24) is 10.8 Å². The molecule has 116 valence electrons. The van der Waals surface area contributed by atoms with E-state index in [0.29, 0.717) is 13.2 Å². The molecule has 2 aromatic carbocycles. The maximum atomic E-state index is 11.5. The fourth-order valence-electron chi connectivity index (χ4n) is 1.78. The van der Waals surface area contributed by atoms with Gasteiger partial charge in [0.05, 0.1) is 6.61 Å². The van der Waals surface area contributed by atoms with Crippen molar-refractivity contribution in [2.24, 2.45) is 0 Å². The van der Waals surface area contributed by atoms with Crippen molar-refractivity contribution in [2.45, 2.75) is 17.9 Å². The first-order valence-electron chi connectivity index (χ1n) is 7.22. The number of carbonyl (C=O) groups is 1. The van der Waals surface area contributed by atoms with Gasteiger partial charge in [-0.05, 0) is 29.9 Å². The molecule has 2 N–H and O–H groups in total. The molecule has 0 aromatic heterocycles. The quantitative estimate of drug-likeness (QED) is 0.444. The molecule has 0 aliphatic heterocycles. The summed E-state index contributed by atoms with van der Waals surface area (Å²) in [5.41, 5.74) is 3.40. The van der Waals surface area contributed by atoms with E-state index in [1.54, 1.807) is 11.8 Å². The molecule has 22 heavy (non-hydrogen) atoms. The SMILES string of the molecule is O=C(NCCCSc1ccccc1)NOCc1ccccc1. The Hall–Kier alpha value is -1.98. The number of urea groups is 1. The van der Waals surface area contributed by atoms with E-state index in [9.17, 15) is 4.79 Å². The monoisotopic (exact) mass is 316 g/mol. The third kappa shape index (κ3) is 6.65. The average molecular weight is 316 g/mol. The second kappa shape index (κ2) is 9.87. The zero-order valence-electron chi connectivity index (χ0n) is 12.3. The second-order valence-corrected chi connectivity index (χ2v) is 5.82. The molecule has 5 heteroatoms. The Morgan fingerprint density at radius 1 is 1.00 bits per heavy atom. The largest absolute Gasteiger partial charge is 0.338 e. The maximum absolute atomic E-state index is 11.5. The van der Waals surface area contributed by atoms with Crippen molar-refractivity contribution in [3.63, 3.8) is 0 Å². The molecule has 0 aliphatic carbocycles. The zero-order chi connectivity index (χ0) is 15.5. The molecule has 0 heterocycles. The predicted molar refractivity (Wildman–Crippen MR) is 89.5 cm³/mol. The van der Waals surface area contributed by atoms with Gasteiger partial charge in [-0.2, -0.15) is 0 Å². The molecule has 0 atom stereocenters. The first kappa shape index (κ1) is 16.4. The van der Waals surface area contributed by atoms with Crippen molar-refractivity contribution in [1.29, 1.82) is 0 Å². The first-order valence-corrected chi connectivity index (χ1v) is 8.20. The van der Waals surface area contributed by atoms with Crippen LogP contribution >= 0.6 is 11.8 Å². The smallest absolute Gasteiger partial charge is 0.336 e. The molecule has 0 saturated carbocycles. The van der Waals surface area contributed by atoms with Crippen molar-refractivity contribution in [3.8, 4) is 0 Å². The van der Waals surface area contributed by atoms with Crippen molar-refractivity contribution in [3.05, 3.63) is 66.2 Å². The van der Waals surface area contributed by atoms with Crippen LogP contribution in [0.1, 0.15) is 12.0 Å². The minimum atomic E-state index is -0.305. The van der Waals surface area contributed by atoms with Crippen LogP contribution in [0.3, 0.4) is 0 Å². The summed E-state index contributed by atoms with van der Waals surface area (Å²) < 4.78 is 0. The number of hydrogen-bond acceptors (Lipinski definition) is 3. The van der Waals surface area contributed by atoms with Gasteiger partial charge < -0.3 is 5.32 Å². The Morgan fingerprint density at radius 2 is 1.68 bits per heavy atom. The summed E-state index contributed by atoms with van der Waals surface area (Å²) in [6, 6.07) is 19.6. The number of hydrogen-bond donors (Lipinski definition) is 2. The summed E-state index contributed by atoms with van der Waals surface area (Å²) in [6.07, 6.45) is 0.908. The lowest BCUT2D eigenvalue weighted by atomic mass is 10.2. The van der Waals surface area contributed by atoms with Crippen molar-refractivity contribution in [2.75, 3.05) is 12.3 Å². The van der Waals surface area contributed by atoms with Gasteiger partial charge in [0.1, 0.15) is 0 Å². The van der Waals surface area contributed by atoms with Gasteiger partial charge in [0.2, 0.25) is 0 Å². The first-order chi connectivity index (χ1) is 10.8. The molecule has 0 spiro atoms. The van der Waals surface area contributed by atoms with Crippen LogP contribution in [-0.2, 0) is 11.4 Å². The molecule has 4 nitrogen and oxygen atoms in total. The number of hydroxylamine groups is 1. The molecule has 0 bridgehead atoms. The van der Waals surface area contributed by atoms with Gasteiger partial charge in [0.15, 0.2) is 0 Å². The van der Waals surface area contributed by atoms with Crippen LogP contribution in [-0.4, -0.2) is 18.3 Å². The summed E-state index contributed by atoms with van der Waals surface area (Å²) in [6.45, 7) is 0.985. The second-order valence-electron chi connectivity index (χ2n) is 4.65. The molecule has 0 unspecified atom stereocenters. The Kier molecular flexibility index (Phi) is 7.35. The number of carbonyl (C=O) groups excluding carboxylic acids is 1. The molecule has 2 aromatic rings. The minimum absolute atomic E-state index is 0.305. The molecule has 2 amide bonds. The molecule has 0 aliphatic rings. The number of thioether (sulfide) groups is 1. The predicted octanol–water partition coefficient (Wildman–Crippen LogP) is 3.60. The fraction of sp³-hybridized carbons (Fsp3) is 0.235. The van der Waals surface area contributed by atoms with Crippen molar-refractivity contribution >= 4 is 17.8 Å². The Labute approximate surface area is 135 Å². The highest BCUT2D eigenvalue weighted by Crippen LogP contribution is 2.17. The molecule has 0 fully saturated rings. The van der Waals surface area contributed by atoms with E-state index in [2.05, 4.69) is 22.9 Å². The third-order valence-electron chi connectivity index (χ3n) is 2.87. The van der Waals surface area contributed by atoms with Gasteiger partial charge in [-0.3, -0.25) is 4.84 Å². The fourth-order valence-corrected chi connectivity index (χ4v) is 2.65. The maximum Gasteiger partial charge on any atom is 0.338 e. The molecular formula is C17H20N2O2S. The van der Waals surface area contributed by atoms with Crippen LogP contribution in [0.4, 0.5) is 4.79 Å². The van der Waals surface area contributed by atoms with Crippen LogP contribution in [0.2, 0.25) is 0 Å². The lowest BCUT2D eigenvalue weighted by Crippen LogP contribution is -2.36. The van der Waals surface area contributed by atoms with Crippen LogP contribution in [0, 0.1) is 0 Å². The van der Waals surface area contributed by atoms with Gasteiger partial charge in [-0.1, -0.05) is 48.5 Å². The van der Waals surface area contributed by atoms with Gasteiger partial charge in [-0.15, -0.1) is 11.8 Å². The van der Waals surface area contributed by atoms with E-state index < -0.39 is 0 Å². The molecular weight excluding hydrogens is 296 g/mol. The van der Waals surface area contributed by atoms with Gasteiger partial charge in [-0.25, -0.2) is 10.3 Å². The lowest BCUT2D eigenvalue weighted by molar-refractivity contribution is 0.0491. The third-order valence-corrected chi connectivity index (χ3v) is 3.96. The summed E-state index contributed by atoms with van der Waals surface area (Å²) >= 11 is 1.78. The Bertz CT molecular complexity index is 549.